The van der Waals surface area contributed by atoms with E-state index in [4.69, 9.17) is 0 Å². The average molecular weight is 393 g/mol. The molecule has 4 aromatic carbocycles. The fourth-order valence-electron chi connectivity index (χ4n) is 3.27. The fraction of sp³-hybridized carbons (Fsp3) is 0.0769. The highest BCUT2D eigenvalue weighted by Gasteiger charge is 2.03. The lowest BCUT2D eigenvalue weighted by Crippen LogP contribution is -2.26. The molecule has 0 radical (unpaired) electrons. The van der Waals surface area contributed by atoms with Crippen molar-refractivity contribution in [3.63, 3.8) is 0 Å². The molecule has 2 N–H and O–H groups in total. The van der Waals surface area contributed by atoms with Gasteiger partial charge in [-0.3, -0.25) is 4.79 Å². The third-order valence-corrected chi connectivity index (χ3v) is 4.96. The molecule has 148 valence electrons. The van der Waals surface area contributed by atoms with Gasteiger partial charge in [-0.05, 0) is 46.5 Å². The van der Waals surface area contributed by atoms with Crippen LogP contribution >= 0.6 is 0 Å². The minimum Gasteiger partial charge on any atom is -0.376 e. The van der Waals surface area contributed by atoms with E-state index in [9.17, 15) is 4.79 Å². The molecule has 0 spiro atoms. The number of amides is 1. The van der Waals surface area contributed by atoms with E-state index in [1.807, 2.05) is 67.6 Å². The smallest absolute Gasteiger partial charge is 0.259 e. The molecule has 0 saturated carbocycles. The van der Waals surface area contributed by atoms with Gasteiger partial charge in [-0.25, -0.2) is 5.43 Å². The van der Waals surface area contributed by atoms with Crippen LogP contribution in [0.4, 0.5) is 5.69 Å². The van der Waals surface area contributed by atoms with E-state index >= 15 is 0 Å². The molecular formula is C26H23N3O. The van der Waals surface area contributed by atoms with Crippen LogP contribution in [0, 0.1) is 0 Å². The van der Waals surface area contributed by atoms with Gasteiger partial charge in [-0.1, -0.05) is 84.9 Å². The second-order valence-corrected chi connectivity index (χ2v) is 7.09. The molecule has 4 nitrogen and oxygen atoms in total. The molecule has 0 aliphatic heterocycles. The average Bonchev–Trinajstić information content (AvgIpc) is 2.81. The zero-order chi connectivity index (χ0) is 20.8. The van der Waals surface area contributed by atoms with Gasteiger partial charge in [0, 0.05) is 5.69 Å². The van der Waals surface area contributed by atoms with E-state index in [-0.39, 0.29) is 12.5 Å². The van der Waals surface area contributed by atoms with Gasteiger partial charge in [0.15, 0.2) is 0 Å². The van der Waals surface area contributed by atoms with E-state index in [2.05, 4.69) is 52.2 Å². The maximum Gasteiger partial charge on any atom is 0.259 e. The molecule has 4 heteroatoms. The summed E-state index contributed by atoms with van der Waals surface area (Å²) in [5.74, 6) is -0.191. The monoisotopic (exact) mass is 393 g/mol. The Morgan fingerprint density at radius 2 is 1.43 bits per heavy atom. The quantitative estimate of drug-likeness (QED) is 0.338. The Bertz CT molecular complexity index is 1180. The second-order valence-electron chi connectivity index (χ2n) is 7.09. The number of anilines is 1. The summed E-state index contributed by atoms with van der Waals surface area (Å²) < 4.78 is 0. The number of hydrogen-bond donors (Lipinski definition) is 2. The number of hydrazone groups is 1. The van der Waals surface area contributed by atoms with Crippen LogP contribution in [0.25, 0.3) is 21.9 Å². The predicted octanol–water partition coefficient (Wildman–Crippen LogP) is 5.46. The molecule has 0 aliphatic carbocycles. The van der Waals surface area contributed by atoms with E-state index < -0.39 is 0 Å². The van der Waals surface area contributed by atoms with Gasteiger partial charge in [-0.2, -0.15) is 5.10 Å². The summed E-state index contributed by atoms with van der Waals surface area (Å²) in [5.41, 5.74) is 7.57. The lowest BCUT2D eigenvalue weighted by Gasteiger charge is -2.08. The van der Waals surface area contributed by atoms with Gasteiger partial charge in [0.1, 0.15) is 0 Å². The summed E-state index contributed by atoms with van der Waals surface area (Å²) in [6.45, 7) is 2.04. The lowest BCUT2D eigenvalue weighted by molar-refractivity contribution is -0.119. The highest BCUT2D eigenvalue weighted by Crippen LogP contribution is 2.20. The number of benzene rings is 4. The van der Waals surface area contributed by atoms with Crippen LogP contribution in [0.5, 0.6) is 0 Å². The molecule has 0 saturated heterocycles. The summed E-state index contributed by atoms with van der Waals surface area (Å²) in [6, 6.07) is 32.5. The van der Waals surface area contributed by atoms with Crippen LogP contribution in [0.15, 0.2) is 102 Å². The summed E-state index contributed by atoms with van der Waals surface area (Å²) in [5, 5.41) is 9.69. The molecule has 0 aromatic heterocycles. The molecule has 0 aliphatic rings. The zero-order valence-corrected chi connectivity index (χ0v) is 16.8. The summed E-state index contributed by atoms with van der Waals surface area (Å²) in [6.07, 6.45) is 0. The zero-order valence-electron chi connectivity index (χ0n) is 16.8. The van der Waals surface area contributed by atoms with Gasteiger partial charge in [0.25, 0.3) is 5.91 Å². The second kappa shape index (κ2) is 9.05. The van der Waals surface area contributed by atoms with Crippen molar-refractivity contribution in [1.82, 2.24) is 5.43 Å². The highest BCUT2D eigenvalue weighted by molar-refractivity contribution is 5.99. The number of fused-ring (bicyclic) bond motifs is 1. The minimum absolute atomic E-state index is 0.155. The first-order chi connectivity index (χ1) is 14.7. The molecule has 0 heterocycles. The summed E-state index contributed by atoms with van der Waals surface area (Å²) in [7, 11) is 0. The minimum atomic E-state index is -0.191. The summed E-state index contributed by atoms with van der Waals surface area (Å²) in [4.78, 5) is 12.2. The standard InChI is InChI=1S/C26H23N3O/c1-19(20-11-13-23(14-12-20)21-7-3-2-4-8-21)28-29-26(30)18-27-25-16-15-22-9-5-6-10-24(22)17-25/h2-17,27H,18H2,1H3,(H,29,30)/b28-19+. The van der Waals surface area contributed by atoms with Gasteiger partial charge >= 0.3 is 0 Å². The van der Waals surface area contributed by atoms with Crippen LogP contribution in [-0.4, -0.2) is 18.2 Å². The molecule has 0 bridgehead atoms. The lowest BCUT2D eigenvalue weighted by atomic mass is 10.0. The first-order valence-corrected chi connectivity index (χ1v) is 9.91. The molecule has 4 aromatic rings. The third-order valence-electron chi connectivity index (χ3n) is 4.96. The number of nitrogens with zero attached hydrogens (tertiary/aromatic N) is 1. The first-order valence-electron chi connectivity index (χ1n) is 9.91. The van der Waals surface area contributed by atoms with Crippen molar-refractivity contribution in [1.29, 1.82) is 0 Å². The largest absolute Gasteiger partial charge is 0.376 e. The van der Waals surface area contributed by atoms with Crippen molar-refractivity contribution in [3.05, 3.63) is 103 Å². The van der Waals surface area contributed by atoms with E-state index in [0.29, 0.717) is 0 Å². The van der Waals surface area contributed by atoms with Crippen molar-refractivity contribution in [2.45, 2.75) is 6.92 Å². The summed E-state index contributed by atoms with van der Waals surface area (Å²) >= 11 is 0. The van der Waals surface area contributed by atoms with E-state index in [0.717, 1.165) is 27.9 Å². The van der Waals surface area contributed by atoms with Crippen molar-refractivity contribution >= 4 is 28.1 Å². The van der Waals surface area contributed by atoms with Crippen LogP contribution in [0.1, 0.15) is 12.5 Å². The van der Waals surface area contributed by atoms with E-state index in [1.54, 1.807) is 0 Å². The first kappa shape index (κ1) is 19.4. The van der Waals surface area contributed by atoms with Crippen molar-refractivity contribution in [2.24, 2.45) is 5.10 Å². The van der Waals surface area contributed by atoms with Crippen LogP contribution < -0.4 is 10.7 Å². The molecule has 4 rings (SSSR count). The molecule has 0 unspecified atom stereocenters. The van der Waals surface area contributed by atoms with Crippen LogP contribution in [0.2, 0.25) is 0 Å². The molecular weight excluding hydrogens is 370 g/mol. The number of rotatable bonds is 6. The Morgan fingerprint density at radius 3 is 2.20 bits per heavy atom. The number of nitrogens with one attached hydrogen (secondary N) is 2. The van der Waals surface area contributed by atoms with E-state index in [1.165, 1.54) is 10.9 Å². The van der Waals surface area contributed by atoms with Gasteiger partial charge in [0.2, 0.25) is 0 Å². The Morgan fingerprint density at radius 1 is 0.767 bits per heavy atom. The fourth-order valence-corrected chi connectivity index (χ4v) is 3.27. The van der Waals surface area contributed by atoms with Crippen LogP contribution in [-0.2, 0) is 4.79 Å². The molecule has 30 heavy (non-hydrogen) atoms. The Labute approximate surface area is 176 Å². The van der Waals surface area contributed by atoms with Gasteiger partial charge in [-0.15, -0.1) is 0 Å². The topological polar surface area (TPSA) is 53.5 Å². The van der Waals surface area contributed by atoms with Crippen LogP contribution in [0.3, 0.4) is 0 Å². The van der Waals surface area contributed by atoms with Crippen molar-refractivity contribution in [3.8, 4) is 11.1 Å². The maximum atomic E-state index is 12.2. The van der Waals surface area contributed by atoms with Crippen molar-refractivity contribution < 1.29 is 4.79 Å². The molecule has 0 atom stereocenters. The molecule has 0 fully saturated rings. The number of carbonyl (C=O) groups excluding carboxylic acids is 1. The normalized spacial score (nSPS) is 11.3. The Kier molecular flexibility index (Phi) is 5.85. The Hall–Kier alpha value is -3.92. The number of hydrogen-bond acceptors (Lipinski definition) is 3. The van der Waals surface area contributed by atoms with Gasteiger partial charge in [0.05, 0.1) is 12.3 Å². The number of carbonyl (C=O) groups is 1. The maximum absolute atomic E-state index is 12.2. The Balaban J connectivity index is 1.33. The third kappa shape index (κ3) is 4.73. The highest BCUT2D eigenvalue weighted by atomic mass is 16.2. The molecule has 1 amide bonds. The predicted molar refractivity (Wildman–Crippen MR) is 125 cm³/mol. The van der Waals surface area contributed by atoms with Crippen molar-refractivity contribution in [2.75, 3.05) is 11.9 Å². The SMILES string of the molecule is C/C(=N\NC(=O)CNc1ccc2ccccc2c1)c1ccc(-c2ccccc2)cc1. The van der Waals surface area contributed by atoms with Gasteiger partial charge < -0.3 is 5.32 Å².